The minimum Gasteiger partial charge on any atom is -0.387 e. The van der Waals surface area contributed by atoms with Crippen LogP contribution in [0.4, 0.5) is 0 Å². The average Bonchev–Trinajstić information content (AvgIpc) is 2.28. The summed E-state index contributed by atoms with van der Waals surface area (Å²) in [6.07, 6.45) is 0.913. The van der Waals surface area contributed by atoms with Crippen LogP contribution in [-0.2, 0) is 0 Å². The normalized spacial score (nSPS) is 36.5. The average molecular weight is 202 g/mol. The van der Waals surface area contributed by atoms with Gasteiger partial charge in [0.15, 0.2) is 0 Å². The van der Waals surface area contributed by atoms with E-state index in [1.807, 2.05) is 11.8 Å². The maximum atomic E-state index is 10.1. The van der Waals surface area contributed by atoms with Gasteiger partial charge in [0.05, 0.1) is 5.60 Å². The molecule has 0 spiro atoms. The second-order valence-corrected chi connectivity index (χ2v) is 5.40. The van der Waals surface area contributed by atoms with Crippen LogP contribution in [0.3, 0.4) is 0 Å². The van der Waals surface area contributed by atoms with Crippen LogP contribution in [0.1, 0.15) is 6.42 Å². The molecule has 2 aliphatic rings. The van der Waals surface area contributed by atoms with Gasteiger partial charge in [-0.05, 0) is 13.5 Å². The highest BCUT2D eigenvalue weighted by Gasteiger charge is 2.35. The van der Waals surface area contributed by atoms with E-state index < -0.39 is 5.60 Å². The van der Waals surface area contributed by atoms with E-state index >= 15 is 0 Å². The van der Waals surface area contributed by atoms with E-state index in [-0.39, 0.29) is 0 Å². The highest BCUT2D eigenvalue weighted by molar-refractivity contribution is 8.00. The molecule has 0 radical (unpaired) electrons. The fraction of sp³-hybridized carbons (Fsp3) is 1.00. The number of likely N-dealkylation sites (tertiary alicyclic amines) is 1. The summed E-state index contributed by atoms with van der Waals surface area (Å²) in [4.78, 5) is 2.19. The van der Waals surface area contributed by atoms with Gasteiger partial charge >= 0.3 is 0 Å². The van der Waals surface area contributed by atoms with Crippen molar-refractivity contribution >= 4 is 11.8 Å². The number of nitrogens with zero attached hydrogens (tertiary/aromatic N) is 1. The molecule has 2 aliphatic heterocycles. The second kappa shape index (κ2) is 3.77. The Hall–Kier alpha value is 0.230. The van der Waals surface area contributed by atoms with Crippen molar-refractivity contribution in [1.29, 1.82) is 0 Å². The fourth-order valence-electron chi connectivity index (χ4n) is 1.89. The van der Waals surface area contributed by atoms with E-state index in [1.54, 1.807) is 0 Å². The van der Waals surface area contributed by atoms with Crippen LogP contribution in [-0.4, -0.2) is 59.8 Å². The van der Waals surface area contributed by atoms with Crippen molar-refractivity contribution in [1.82, 2.24) is 10.2 Å². The number of β-amino-alcohol motifs (C(OH)–C–C–N with tert-alkyl or cyclic N) is 1. The molecule has 13 heavy (non-hydrogen) atoms. The van der Waals surface area contributed by atoms with Crippen LogP contribution < -0.4 is 5.32 Å². The number of likely N-dealkylation sites (N-methyl/N-ethyl adjacent to an activating group) is 1. The standard InChI is InChI=1S/C9H18N2OS/c1-11-3-2-9(12,7-11)6-10-8-4-13-5-8/h8,10,12H,2-7H2,1H3. The molecule has 1 unspecified atom stereocenters. The number of nitrogens with one attached hydrogen (secondary N) is 1. The van der Waals surface area contributed by atoms with Crippen molar-refractivity contribution in [2.45, 2.75) is 18.1 Å². The van der Waals surface area contributed by atoms with E-state index in [1.165, 1.54) is 11.5 Å². The zero-order valence-corrected chi connectivity index (χ0v) is 8.94. The van der Waals surface area contributed by atoms with Gasteiger partial charge < -0.3 is 15.3 Å². The monoisotopic (exact) mass is 202 g/mol. The van der Waals surface area contributed by atoms with Crippen molar-refractivity contribution in [2.24, 2.45) is 0 Å². The van der Waals surface area contributed by atoms with Gasteiger partial charge in [0.25, 0.3) is 0 Å². The van der Waals surface area contributed by atoms with Crippen molar-refractivity contribution < 1.29 is 5.11 Å². The summed E-state index contributed by atoms with van der Waals surface area (Å²) in [5.41, 5.74) is -0.463. The number of hydrogen-bond acceptors (Lipinski definition) is 4. The number of rotatable bonds is 3. The zero-order valence-electron chi connectivity index (χ0n) is 8.12. The Labute approximate surface area is 83.9 Å². The maximum Gasteiger partial charge on any atom is 0.0909 e. The first-order chi connectivity index (χ1) is 6.18. The smallest absolute Gasteiger partial charge is 0.0909 e. The Bertz CT molecular complexity index is 186. The van der Waals surface area contributed by atoms with E-state index in [0.29, 0.717) is 6.04 Å². The molecule has 0 aromatic rings. The fourth-order valence-corrected chi connectivity index (χ4v) is 2.60. The van der Waals surface area contributed by atoms with Crippen LogP contribution in [0.15, 0.2) is 0 Å². The van der Waals surface area contributed by atoms with Gasteiger partial charge in [0, 0.05) is 37.2 Å². The number of aliphatic hydroxyl groups is 1. The third kappa shape index (κ3) is 2.37. The maximum absolute atomic E-state index is 10.1. The summed E-state index contributed by atoms with van der Waals surface area (Å²) < 4.78 is 0. The van der Waals surface area contributed by atoms with Crippen LogP contribution in [0.5, 0.6) is 0 Å². The molecule has 0 aliphatic carbocycles. The first-order valence-corrected chi connectivity index (χ1v) is 6.05. The molecule has 0 saturated carbocycles. The zero-order chi connectivity index (χ0) is 9.31. The molecular weight excluding hydrogens is 184 g/mol. The largest absolute Gasteiger partial charge is 0.387 e. The predicted octanol–water partition coefficient (Wildman–Crippen LogP) is -0.242. The molecule has 1 atom stereocenters. The molecule has 4 heteroatoms. The summed E-state index contributed by atoms with van der Waals surface area (Å²) in [7, 11) is 2.07. The number of hydrogen-bond donors (Lipinski definition) is 2. The summed E-state index contributed by atoms with van der Waals surface area (Å²) in [6, 6.07) is 0.653. The van der Waals surface area contributed by atoms with Crippen LogP contribution >= 0.6 is 11.8 Å². The Morgan fingerprint density at radius 2 is 2.38 bits per heavy atom. The van der Waals surface area contributed by atoms with E-state index in [9.17, 15) is 5.11 Å². The van der Waals surface area contributed by atoms with Gasteiger partial charge in [-0.25, -0.2) is 0 Å². The molecule has 0 aromatic heterocycles. The van der Waals surface area contributed by atoms with E-state index in [4.69, 9.17) is 0 Å². The van der Waals surface area contributed by atoms with E-state index in [0.717, 1.165) is 26.1 Å². The third-order valence-corrected chi connectivity index (χ3v) is 4.16. The van der Waals surface area contributed by atoms with E-state index in [2.05, 4.69) is 17.3 Å². The minimum atomic E-state index is -0.463. The third-order valence-electron chi connectivity index (χ3n) is 2.88. The Balaban J connectivity index is 1.73. The highest BCUT2D eigenvalue weighted by Crippen LogP contribution is 2.21. The molecule has 2 heterocycles. The molecule has 3 nitrogen and oxygen atoms in total. The van der Waals surface area contributed by atoms with Crippen LogP contribution in [0.25, 0.3) is 0 Å². The Kier molecular flexibility index (Phi) is 2.83. The lowest BCUT2D eigenvalue weighted by molar-refractivity contribution is 0.0499. The highest BCUT2D eigenvalue weighted by atomic mass is 32.2. The number of thioether (sulfide) groups is 1. The van der Waals surface area contributed by atoms with Crippen molar-refractivity contribution in [2.75, 3.05) is 38.2 Å². The van der Waals surface area contributed by atoms with Gasteiger partial charge in [-0.15, -0.1) is 0 Å². The molecule has 2 rings (SSSR count). The lowest BCUT2D eigenvalue weighted by Crippen LogP contribution is -2.50. The molecule has 2 N–H and O–H groups in total. The van der Waals surface area contributed by atoms with Crippen molar-refractivity contribution in [3.8, 4) is 0 Å². The first kappa shape index (κ1) is 9.77. The van der Waals surface area contributed by atoms with Gasteiger partial charge in [-0.2, -0.15) is 11.8 Å². The predicted molar refractivity (Wildman–Crippen MR) is 56.2 cm³/mol. The summed E-state index contributed by atoms with van der Waals surface area (Å²) in [6.45, 7) is 2.61. The molecule has 0 aromatic carbocycles. The van der Waals surface area contributed by atoms with Gasteiger partial charge in [0.1, 0.15) is 0 Å². The van der Waals surface area contributed by atoms with Crippen molar-refractivity contribution in [3.05, 3.63) is 0 Å². The molecule has 2 saturated heterocycles. The summed E-state index contributed by atoms with van der Waals surface area (Å²) >= 11 is 1.97. The van der Waals surface area contributed by atoms with Gasteiger partial charge in [0.2, 0.25) is 0 Å². The first-order valence-electron chi connectivity index (χ1n) is 4.90. The van der Waals surface area contributed by atoms with Crippen LogP contribution in [0.2, 0.25) is 0 Å². The molecule has 0 bridgehead atoms. The van der Waals surface area contributed by atoms with Crippen LogP contribution in [0, 0.1) is 0 Å². The minimum absolute atomic E-state index is 0.463. The van der Waals surface area contributed by atoms with Crippen molar-refractivity contribution in [3.63, 3.8) is 0 Å². The lowest BCUT2D eigenvalue weighted by atomic mass is 10.0. The second-order valence-electron chi connectivity index (χ2n) is 4.33. The molecular formula is C9H18N2OS. The summed E-state index contributed by atoms with van der Waals surface area (Å²) in [5.74, 6) is 2.43. The molecule has 0 amide bonds. The lowest BCUT2D eigenvalue weighted by Gasteiger charge is -2.30. The summed E-state index contributed by atoms with van der Waals surface area (Å²) in [5, 5.41) is 13.5. The molecule has 76 valence electrons. The molecule has 2 fully saturated rings. The quantitative estimate of drug-likeness (QED) is 0.662. The Morgan fingerprint density at radius 1 is 1.62 bits per heavy atom. The van der Waals surface area contributed by atoms with Gasteiger partial charge in [-0.1, -0.05) is 0 Å². The SMILES string of the molecule is CN1CCC(O)(CNC2CSC2)C1. The van der Waals surface area contributed by atoms with Gasteiger partial charge in [-0.3, -0.25) is 0 Å². The topological polar surface area (TPSA) is 35.5 Å². The Morgan fingerprint density at radius 3 is 2.85 bits per heavy atom.